The Morgan fingerprint density at radius 2 is 2.10 bits per heavy atom. The summed E-state index contributed by atoms with van der Waals surface area (Å²) in [6.45, 7) is 1.57. The molecule has 2 heterocycles. The minimum Gasteiger partial charge on any atom is -0.476 e. The number of carboxylic acids is 1. The molecule has 0 saturated heterocycles. The second-order valence-electron chi connectivity index (χ2n) is 4.87. The summed E-state index contributed by atoms with van der Waals surface area (Å²) in [7, 11) is 0. The molecule has 0 fully saturated rings. The largest absolute Gasteiger partial charge is 0.476 e. The van der Waals surface area contributed by atoms with Crippen LogP contribution in [0.15, 0.2) is 30.5 Å². The van der Waals surface area contributed by atoms with Gasteiger partial charge in [-0.25, -0.2) is 9.48 Å². The highest BCUT2D eigenvalue weighted by atomic mass is 16.4. The van der Waals surface area contributed by atoms with Crippen molar-refractivity contribution < 1.29 is 14.7 Å². The zero-order valence-corrected chi connectivity index (χ0v) is 11.3. The van der Waals surface area contributed by atoms with Gasteiger partial charge in [0.15, 0.2) is 5.69 Å². The van der Waals surface area contributed by atoms with Crippen molar-refractivity contribution in [3.05, 3.63) is 47.3 Å². The first-order chi connectivity index (χ1) is 10.1. The Bertz CT molecular complexity index is 695. The van der Waals surface area contributed by atoms with Crippen molar-refractivity contribution in [1.82, 2.24) is 19.9 Å². The normalized spacial score (nSPS) is 14.1. The highest BCUT2D eigenvalue weighted by molar-refractivity contribution is 5.96. The molecule has 1 amide bonds. The van der Waals surface area contributed by atoms with Crippen molar-refractivity contribution in [2.24, 2.45) is 0 Å². The molecule has 0 unspecified atom stereocenters. The van der Waals surface area contributed by atoms with Crippen LogP contribution < -0.4 is 0 Å². The molecule has 1 aliphatic rings. The van der Waals surface area contributed by atoms with Gasteiger partial charge in [-0.3, -0.25) is 4.79 Å². The fourth-order valence-electron chi connectivity index (χ4n) is 2.42. The number of hydrogen-bond donors (Lipinski definition) is 1. The van der Waals surface area contributed by atoms with Gasteiger partial charge >= 0.3 is 5.97 Å². The summed E-state index contributed by atoms with van der Waals surface area (Å²) in [6, 6.07) is 7.60. The SMILES string of the molecule is O=C(O)c1cn(CCN2CCc3ccccc3C2=O)nn1. The van der Waals surface area contributed by atoms with Crippen LogP contribution in [0.2, 0.25) is 0 Å². The number of carbonyl (C=O) groups excluding carboxylic acids is 1. The molecule has 1 aromatic carbocycles. The Kier molecular flexibility index (Phi) is 3.39. The Labute approximate surface area is 120 Å². The van der Waals surface area contributed by atoms with Crippen molar-refractivity contribution in [1.29, 1.82) is 0 Å². The third kappa shape index (κ3) is 2.62. The van der Waals surface area contributed by atoms with E-state index in [1.165, 1.54) is 10.9 Å². The first kappa shape index (κ1) is 13.3. The second kappa shape index (κ2) is 5.35. The average molecular weight is 286 g/mol. The predicted octanol–water partition coefficient (Wildman–Crippen LogP) is 0.675. The van der Waals surface area contributed by atoms with E-state index >= 15 is 0 Å². The minimum absolute atomic E-state index is 0.00965. The number of aromatic nitrogens is 3. The number of hydrogen-bond acceptors (Lipinski definition) is 4. The summed E-state index contributed by atoms with van der Waals surface area (Å²) < 4.78 is 1.44. The van der Waals surface area contributed by atoms with Gasteiger partial charge in [0.25, 0.3) is 5.91 Å². The van der Waals surface area contributed by atoms with Crippen LogP contribution in [0.1, 0.15) is 26.4 Å². The molecule has 7 nitrogen and oxygen atoms in total. The van der Waals surface area contributed by atoms with Crippen LogP contribution in [0.25, 0.3) is 0 Å². The molecule has 0 atom stereocenters. The lowest BCUT2D eigenvalue weighted by Crippen LogP contribution is -2.39. The van der Waals surface area contributed by atoms with Gasteiger partial charge in [0, 0.05) is 18.7 Å². The Morgan fingerprint density at radius 1 is 1.29 bits per heavy atom. The number of nitrogens with zero attached hydrogens (tertiary/aromatic N) is 4. The summed E-state index contributed by atoms with van der Waals surface area (Å²) in [5, 5.41) is 16.1. The van der Waals surface area contributed by atoms with Gasteiger partial charge in [0.05, 0.1) is 12.7 Å². The monoisotopic (exact) mass is 286 g/mol. The summed E-state index contributed by atoms with van der Waals surface area (Å²) in [5.41, 5.74) is 1.73. The van der Waals surface area contributed by atoms with E-state index in [0.717, 1.165) is 17.5 Å². The molecule has 0 radical (unpaired) electrons. The van der Waals surface area contributed by atoms with E-state index in [0.29, 0.717) is 19.6 Å². The summed E-state index contributed by atoms with van der Waals surface area (Å²) in [5.74, 6) is -1.10. The van der Waals surface area contributed by atoms with E-state index in [4.69, 9.17) is 5.11 Å². The smallest absolute Gasteiger partial charge is 0.358 e. The Hall–Kier alpha value is -2.70. The van der Waals surface area contributed by atoms with Gasteiger partial charge in [-0.2, -0.15) is 0 Å². The summed E-state index contributed by atoms with van der Waals surface area (Å²) in [4.78, 5) is 24.8. The van der Waals surface area contributed by atoms with E-state index < -0.39 is 5.97 Å². The Balaban J connectivity index is 1.66. The molecule has 1 aromatic heterocycles. The molecule has 1 N–H and O–H groups in total. The van der Waals surface area contributed by atoms with Crippen LogP contribution in [-0.2, 0) is 13.0 Å². The molecule has 2 aromatic rings. The quantitative estimate of drug-likeness (QED) is 0.892. The van der Waals surface area contributed by atoms with Crippen molar-refractivity contribution in [3.63, 3.8) is 0 Å². The number of carboxylic acid groups (broad SMARTS) is 1. The fourth-order valence-corrected chi connectivity index (χ4v) is 2.42. The lowest BCUT2D eigenvalue weighted by Gasteiger charge is -2.28. The molecule has 0 aliphatic carbocycles. The first-order valence-electron chi connectivity index (χ1n) is 6.66. The van der Waals surface area contributed by atoms with Crippen molar-refractivity contribution in [3.8, 4) is 0 Å². The lowest BCUT2D eigenvalue weighted by molar-refractivity contribution is 0.0687. The number of aromatic carboxylic acids is 1. The zero-order chi connectivity index (χ0) is 14.8. The molecule has 0 bridgehead atoms. The van der Waals surface area contributed by atoms with Gasteiger partial charge in [-0.05, 0) is 18.1 Å². The zero-order valence-electron chi connectivity index (χ0n) is 11.3. The van der Waals surface area contributed by atoms with Crippen LogP contribution in [0.5, 0.6) is 0 Å². The highest BCUT2D eigenvalue weighted by Gasteiger charge is 2.23. The molecule has 1 aliphatic heterocycles. The molecule has 108 valence electrons. The van der Waals surface area contributed by atoms with Gasteiger partial charge in [0.1, 0.15) is 0 Å². The summed E-state index contributed by atoms with van der Waals surface area (Å²) >= 11 is 0. The van der Waals surface area contributed by atoms with E-state index in [9.17, 15) is 9.59 Å². The third-order valence-corrected chi connectivity index (χ3v) is 3.54. The molecule has 21 heavy (non-hydrogen) atoms. The van der Waals surface area contributed by atoms with Crippen LogP contribution >= 0.6 is 0 Å². The molecular formula is C14H14N4O3. The number of carbonyl (C=O) groups is 2. The Morgan fingerprint density at radius 3 is 2.86 bits per heavy atom. The van der Waals surface area contributed by atoms with E-state index in [-0.39, 0.29) is 11.6 Å². The topological polar surface area (TPSA) is 88.3 Å². The van der Waals surface area contributed by atoms with E-state index in [1.54, 1.807) is 4.90 Å². The first-order valence-corrected chi connectivity index (χ1v) is 6.66. The van der Waals surface area contributed by atoms with Crippen molar-refractivity contribution in [2.75, 3.05) is 13.1 Å². The molecule has 7 heteroatoms. The van der Waals surface area contributed by atoms with Crippen molar-refractivity contribution >= 4 is 11.9 Å². The average Bonchev–Trinajstić information content (AvgIpc) is 2.96. The standard InChI is InChI=1S/C14H14N4O3/c19-13-11-4-2-1-3-10(11)5-6-17(13)7-8-18-9-12(14(20)21)15-16-18/h1-4,9H,5-8H2,(H,20,21). The number of fused-ring (bicyclic) bond motifs is 1. The van der Waals surface area contributed by atoms with E-state index in [2.05, 4.69) is 10.3 Å². The van der Waals surface area contributed by atoms with Gasteiger partial charge in [-0.1, -0.05) is 23.4 Å². The van der Waals surface area contributed by atoms with Gasteiger partial charge in [0.2, 0.25) is 0 Å². The van der Waals surface area contributed by atoms with Crippen LogP contribution in [-0.4, -0.2) is 50.0 Å². The van der Waals surface area contributed by atoms with Gasteiger partial charge < -0.3 is 10.0 Å². The van der Waals surface area contributed by atoms with Crippen LogP contribution in [0.4, 0.5) is 0 Å². The maximum atomic E-state index is 12.3. The van der Waals surface area contributed by atoms with E-state index in [1.807, 2.05) is 24.3 Å². The fraction of sp³-hybridized carbons (Fsp3) is 0.286. The minimum atomic E-state index is -1.11. The van der Waals surface area contributed by atoms with Crippen LogP contribution in [0.3, 0.4) is 0 Å². The molecular weight excluding hydrogens is 272 g/mol. The lowest BCUT2D eigenvalue weighted by atomic mass is 9.99. The summed E-state index contributed by atoms with van der Waals surface area (Å²) in [6.07, 6.45) is 2.20. The van der Waals surface area contributed by atoms with Gasteiger partial charge in [-0.15, -0.1) is 5.10 Å². The molecule has 3 rings (SSSR count). The highest BCUT2D eigenvalue weighted by Crippen LogP contribution is 2.18. The maximum absolute atomic E-state index is 12.3. The maximum Gasteiger partial charge on any atom is 0.358 e. The predicted molar refractivity (Wildman–Crippen MR) is 73.0 cm³/mol. The third-order valence-electron chi connectivity index (χ3n) is 3.54. The molecule has 0 spiro atoms. The van der Waals surface area contributed by atoms with Crippen molar-refractivity contribution in [2.45, 2.75) is 13.0 Å². The number of rotatable bonds is 4. The second-order valence-corrected chi connectivity index (χ2v) is 4.87. The van der Waals surface area contributed by atoms with Crippen LogP contribution in [0, 0.1) is 0 Å². The number of benzene rings is 1. The number of amides is 1. The molecule has 0 saturated carbocycles.